The topological polar surface area (TPSA) is 38.3 Å². The predicted octanol–water partition coefficient (Wildman–Crippen LogP) is 3.75. The summed E-state index contributed by atoms with van der Waals surface area (Å²) in [4.78, 5) is 12.3. The first-order valence-electron chi connectivity index (χ1n) is 7.30. The van der Waals surface area contributed by atoms with Crippen LogP contribution in [-0.2, 0) is 9.53 Å². The zero-order chi connectivity index (χ0) is 14.6. The highest BCUT2D eigenvalue weighted by Crippen LogP contribution is 2.39. The summed E-state index contributed by atoms with van der Waals surface area (Å²) < 4.78 is 18.2. The molecule has 0 saturated heterocycles. The van der Waals surface area contributed by atoms with Crippen molar-refractivity contribution in [3.05, 3.63) is 30.1 Å². The summed E-state index contributed by atoms with van der Waals surface area (Å²) in [6.07, 6.45) is 3.62. The van der Waals surface area contributed by atoms with E-state index in [1.54, 1.807) is 12.1 Å². The van der Waals surface area contributed by atoms with Gasteiger partial charge < -0.3 is 10.1 Å². The summed E-state index contributed by atoms with van der Waals surface area (Å²) in [6.45, 7) is 4.34. The number of benzene rings is 1. The molecule has 1 aliphatic rings. The van der Waals surface area contributed by atoms with Crippen molar-refractivity contribution in [3.8, 4) is 0 Å². The molecule has 0 spiro atoms. The van der Waals surface area contributed by atoms with Gasteiger partial charge in [-0.2, -0.15) is 0 Å². The van der Waals surface area contributed by atoms with Gasteiger partial charge in [0.1, 0.15) is 11.4 Å². The number of rotatable bonds is 5. The number of esters is 1. The number of carbonyl (C=O) groups is 1. The Hall–Kier alpha value is -1.58. The van der Waals surface area contributed by atoms with Crippen molar-refractivity contribution >= 4 is 11.7 Å². The minimum Gasteiger partial charge on any atom is -0.464 e. The van der Waals surface area contributed by atoms with Gasteiger partial charge in [-0.25, -0.2) is 9.18 Å². The molecule has 2 unspecified atom stereocenters. The van der Waals surface area contributed by atoms with E-state index in [1.807, 2.05) is 6.92 Å². The van der Waals surface area contributed by atoms with Crippen LogP contribution in [0.5, 0.6) is 0 Å². The van der Waals surface area contributed by atoms with E-state index in [-0.39, 0.29) is 11.8 Å². The number of ether oxygens (including phenoxy) is 1. The minimum absolute atomic E-state index is 0.194. The molecular formula is C16H22FNO2. The monoisotopic (exact) mass is 279 g/mol. The summed E-state index contributed by atoms with van der Waals surface area (Å²) >= 11 is 0. The second kappa shape index (κ2) is 6.25. The largest absolute Gasteiger partial charge is 0.464 e. The maximum Gasteiger partial charge on any atom is 0.331 e. The van der Waals surface area contributed by atoms with Gasteiger partial charge in [0.25, 0.3) is 0 Å². The summed E-state index contributed by atoms with van der Waals surface area (Å²) in [5.41, 5.74) is 0.102. The van der Waals surface area contributed by atoms with Crippen LogP contribution in [0.1, 0.15) is 39.5 Å². The molecule has 20 heavy (non-hydrogen) atoms. The molecule has 1 fully saturated rings. The van der Waals surface area contributed by atoms with E-state index < -0.39 is 5.54 Å². The molecule has 3 nitrogen and oxygen atoms in total. The molecule has 1 aromatic rings. The number of nitrogens with one attached hydrogen (secondary N) is 1. The van der Waals surface area contributed by atoms with Gasteiger partial charge >= 0.3 is 5.97 Å². The average Bonchev–Trinajstić information content (AvgIpc) is 2.86. The van der Waals surface area contributed by atoms with Crippen molar-refractivity contribution in [1.82, 2.24) is 0 Å². The highest BCUT2D eigenvalue weighted by Gasteiger charge is 2.46. The third kappa shape index (κ3) is 3.11. The van der Waals surface area contributed by atoms with Crippen molar-refractivity contribution in [3.63, 3.8) is 0 Å². The zero-order valence-corrected chi connectivity index (χ0v) is 12.1. The Morgan fingerprint density at radius 1 is 1.40 bits per heavy atom. The van der Waals surface area contributed by atoms with Crippen LogP contribution < -0.4 is 5.32 Å². The molecular weight excluding hydrogens is 257 g/mol. The first-order chi connectivity index (χ1) is 9.59. The summed E-state index contributed by atoms with van der Waals surface area (Å²) in [7, 11) is 0. The quantitative estimate of drug-likeness (QED) is 0.834. The first kappa shape index (κ1) is 14.8. The molecule has 0 bridgehead atoms. The van der Waals surface area contributed by atoms with E-state index >= 15 is 0 Å². The lowest BCUT2D eigenvalue weighted by atomic mass is 9.94. The van der Waals surface area contributed by atoms with Crippen molar-refractivity contribution < 1.29 is 13.9 Å². The highest BCUT2D eigenvalue weighted by atomic mass is 19.1. The second-order valence-electron chi connectivity index (χ2n) is 5.45. The molecule has 1 aromatic carbocycles. The molecule has 0 aromatic heterocycles. The van der Waals surface area contributed by atoms with Crippen LogP contribution in [-0.4, -0.2) is 18.1 Å². The number of halogens is 1. The maximum atomic E-state index is 13.0. The van der Waals surface area contributed by atoms with Gasteiger partial charge in [0.15, 0.2) is 0 Å². The lowest BCUT2D eigenvalue weighted by Gasteiger charge is -2.29. The van der Waals surface area contributed by atoms with Gasteiger partial charge in [-0.1, -0.05) is 13.3 Å². The Morgan fingerprint density at radius 2 is 2.10 bits per heavy atom. The Kier molecular flexibility index (Phi) is 4.63. The molecule has 0 amide bonds. The van der Waals surface area contributed by atoms with Crippen molar-refractivity contribution in [2.24, 2.45) is 5.92 Å². The van der Waals surface area contributed by atoms with Crippen LogP contribution in [0.3, 0.4) is 0 Å². The van der Waals surface area contributed by atoms with Crippen LogP contribution in [0.25, 0.3) is 0 Å². The molecule has 0 radical (unpaired) electrons. The Balaban J connectivity index is 2.19. The molecule has 0 heterocycles. The van der Waals surface area contributed by atoms with E-state index in [0.29, 0.717) is 12.5 Å². The molecule has 4 heteroatoms. The standard InChI is InChI=1S/C16H22FNO2/c1-3-12-9-10-16(11-12,15(19)20-4-2)18-14-7-5-13(17)6-8-14/h5-8,12,18H,3-4,9-11H2,1-2H3. The van der Waals surface area contributed by atoms with Gasteiger partial charge in [-0.15, -0.1) is 0 Å². The van der Waals surface area contributed by atoms with Gasteiger partial charge in [-0.05, 0) is 56.4 Å². The maximum absolute atomic E-state index is 13.0. The fourth-order valence-electron chi connectivity index (χ4n) is 2.92. The lowest BCUT2D eigenvalue weighted by molar-refractivity contribution is -0.148. The third-order valence-corrected chi connectivity index (χ3v) is 4.09. The predicted molar refractivity (Wildman–Crippen MR) is 77.0 cm³/mol. The Labute approximate surface area is 119 Å². The Morgan fingerprint density at radius 3 is 2.65 bits per heavy atom. The summed E-state index contributed by atoms with van der Waals surface area (Å²) in [6, 6.07) is 6.12. The number of hydrogen-bond donors (Lipinski definition) is 1. The third-order valence-electron chi connectivity index (χ3n) is 4.09. The Bertz CT molecular complexity index is 460. The fourth-order valence-corrected chi connectivity index (χ4v) is 2.92. The van der Waals surface area contributed by atoms with Gasteiger partial charge in [0.2, 0.25) is 0 Å². The van der Waals surface area contributed by atoms with Crippen LogP contribution in [0.2, 0.25) is 0 Å². The SMILES string of the molecule is CCOC(=O)C1(Nc2ccc(F)cc2)CCC(CC)C1. The number of carbonyl (C=O) groups excluding carboxylic acids is 1. The van der Waals surface area contributed by atoms with Crippen molar-refractivity contribution in [2.45, 2.75) is 45.1 Å². The van der Waals surface area contributed by atoms with Crippen molar-refractivity contribution in [2.75, 3.05) is 11.9 Å². The minimum atomic E-state index is -0.658. The summed E-state index contributed by atoms with van der Waals surface area (Å²) in [5.74, 6) is 0.0613. The summed E-state index contributed by atoms with van der Waals surface area (Å²) in [5, 5.41) is 3.29. The van der Waals surface area contributed by atoms with E-state index in [9.17, 15) is 9.18 Å². The van der Waals surface area contributed by atoms with E-state index in [2.05, 4.69) is 12.2 Å². The second-order valence-corrected chi connectivity index (χ2v) is 5.45. The normalized spacial score (nSPS) is 25.4. The van der Waals surface area contributed by atoms with Crippen LogP contribution in [0.15, 0.2) is 24.3 Å². The van der Waals surface area contributed by atoms with Gasteiger partial charge in [0.05, 0.1) is 6.61 Å². The zero-order valence-electron chi connectivity index (χ0n) is 12.1. The van der Waals surface area contributed by atoms with Gasteiger partial charge in [-0.3, -0.25) is 0 Å². The highest BCUT2D eigenvalue weighted by molar-refractivity contribution is 5.85. The lowest BCUT2D eigenvalue weighted by Crippen LogP contribution is -2.45. The van der Waals surface area contributed by atoms with E-state index in [0.717, 1.165) is 31.4 Å². The molecule has 0 aliphatic heterocycles. The molecule has 1 aliphatic carbocycles. The van der Waals surface area contributed by atoms with Gasteiger partial charge in [0, 0.05) is 5.69 Å². The molecule has 1 saturated carbocycles. The smallest absolute Gasteiger partial charge is 0.331 e. The van der Waals surface area contributed by atoms with E-state index in [1.165, 1.54) is 12.1 Å². The molecule has 110 valence electrons. The first-order valence-corrected chi connectivity index (χ1v) is 7.30. The van der Waals surface area contributed by atoms with E-state index in [4.69, 9.17) is 4.74 Å². The van der Waals surface area contributed by atoms with Crippen LogP contribution in [0.4, 0.5) is 10.1 Å². The molecule has 2 rings (SSSR count). The molecule has 1 N–H and O–H groups in total. The fraction of sp³-hybridized carbons (Fsp3) is 0.562. The van der Waals surface area contributed by atoms with Crippen molar-refractivity contribution in [1.29, 1.82) is 0 Å². The average molecular weight is 279 g/mol. The van der Waals surface area contributed by atoms with Crippen LogP contribution >= 0.6 is 0 Å². The number of hydrogen-bond acceptors (Lipinski definition) is 3. The molecule has 2 atom stereocenters. The van der Waals surface area contributed by atoms with Crippen LogP contribution in [0, 0.1) is 11.7 Å². The number of anilines is 1.